The standard InChI is InChI=1S/C14H22ClN3O/c1-3-17-4-6-18(7-5-17)10-11-8-12(15)13(16)9-14(11)19-2/h8-9H,3-7,10,16H2,1-2H3. The monoisotopic (exact) mass is 283 g/mol. The Morgan fingerprint density at radius 1 is 1.21 bits per heavy atom. The van der Waals surface area contributed by atoms with Gasteiger partial charge in [0.1, 0.15) is 5.75 Å². The normalized spacial score (nSPS) is 17.6. The first-order chi connectivity index (χ1) is 9.13. The second-order valence-corrected chi connectivity index (χ2v) is 5.30. The summed E-state index contributed by atoms with van der Waals surface area (Å²) in [4.78, 5) is 4.89. The Kier molecular flexibility index (Phi) is 4.91. The Bertz CT molecular complexity index is 431. The molecule has 4 nitrogen and oxygen atoms in total. The summed E-state index contributed by atoms with van der Waals surface area (Å²) in [5.74, 6) is 0.819. The van der Waals surface area contributed by atoms with Gasteiger partial charge in [-0.2, -0.15) is 0 Å². The third-order valence-corrected chi connectivity index (χ3v) is 4.03. The van der Waals surface area contributed by atoms with Gasteiger partial charge in [0.15, 0.2) is 0 Å². The third kappa shape index (κ3) is 3.53. The zero-order chi connectivity index (χ0) is 13.8. The number of methoxy groups -OCH3 is 1. The van der Waals surface area contributed by atoms with Crippen LogP contribution in [0.4, 0.5) is 5.69 Å². The first-order valence-electron chi connectivity index (χ1n) is 6.70. The molecule has 19 heavy (non-hydrogen) atoms. The highest BCUT2D eigenvalue weighted by Gasteiger charge is 2.17. The number of nitrogen functional groups attached to an aromatic ring is 1. The number of rotatable bonds is 4. The van der Waals surface area contributed by atoms with Crippen molar-refractivity contribution in [2.45, 2.75) is 13.5 Å². The van der Waals surface area contributed by atoms with Crippen molar-refractivity contribution in [1.82, 2.24) is 9.80 Å². The van der Waals surface area contributed by atoms with Crippen molar-refractivity contribution in [2.24, 2.45) is 0 Å². The fourth-order valence-corrected chi connectivity index (χ4v) is 2.61. The Hall–Kier alpha value is -0.970. The summed E-state index contributed by atoms with van der Waals surface area (Å²) < 4.78 is 5.39. The van der Waals surface area contributed by atoms with Crippen LogP contribution in [0.15, 0.2) is 12.1 Å². The SMILES string of the molecule is CCN1CCN(Cc2cc(Cl)c(N)cc2OC)CC1. The van der Waals surface area contributed by atoms with E-state index in [-0.39, 0.29) is 0 Å². The molecule has 1 aliphatic rings. The van der Waals surface area contributed by atoms with Gasteiger partial charge in [-0.1, -0.05) is 18.5 Å². The summed E-state index contributed by atoms with van der Waals surface area (Å²) in [6.45, 7) is 8.62. The van der Waals surface area contributed by atoms with Gasteiger partial charge >= 0.3 is 0 Å². The number of hydrogen-bond donors (Lipinski definition) is 1. The summed E-state index contributed by atoms with van der Waals surface area (Å²) in [7, 11) is 1.67. The van der Waals surface area contributed by atoms with Crippen LogP contribution in [-0.4, -0.2) is 49.6 Å². The number of benzene rings is 1. The highest BCUT2D eigenvalue weighted by Crippen LogP contribution is 2.29. The van der Waals surface area contributed by atoms with E-state index in [0.29, 0.717) is 10.7 Å². The van der Waals surface area contributed by atoms with Gasteiger partial charge in [0.25, 0.3) is 0 Å². The van der Waals surface area contributed by atoms with E-state index in [1.165, 1.54) is 0 Å². The zero-order valence-electron chi connectivity index (χ0n) is 11.7. The average Bonchev–Trinajstić information content (AvgIpc) is 2.43. The first-order valence-corrected chi connectivity index (χ1v) is 7.08. The van der Waals surface area contributed by atoms with Crippen LogP contribution in [0.3, 0.4) is 0 Å². The molecule has 0 spiro atoms. The van der Waals surface area contributed by atoms with Crippen LogP contribution in [0.25, 0.3) is 0 Å². The maximum absolute atomic E-state index is 6.10. The molecule has 0 aliphatic carbocycles. The summed E-state index contributed by atoms with van der Waals surface area (Å²) in [5.41, 5.74) is 7.47. The molecule has 106 valence electrons. The molecular weight excluding hydrogens is 262 g/mol. The van der Waals surface area contributed by atoms with E-state index >= 15 is 0 Å². The van der Waals surface area contributed by atoms with Crippen LogP contribution >= 0.6 is 11.6 Å². The minimum Gasteiger partial charge on any atom is -0.496 e. The van der Waals surface area contributed by atoms with Gasteiger partial charge in [-0.25, -0.2) is 0 Å². The lowest BCUT2D eigenvalue weighted by Crippen LogP contribution is -2.45. The fourth-order valence-electron chi connectivity index (χ4n) is 2.43. The molecule has 0 saturated carbocycles. The molecule has 0 radical (unpaired) electrons. The third-order valence-electron chi connectivity index (χ3n) is 3.71. The first kappa shape index (κ1) is 14.4. The van der Waals surface area contributed by atoms with E-state index in [2.05, 4.69) is 16.7 Å². The maximum atomic E-state index is 6.10. The van der Waals surface area contributed by atoms with Crippen molar-refractivity contribution in [3.8, 4) is 5.75 Å². The number of hydrogen-bond acceptors (Lipinski definition) is 4. The highest BCUT2D eigenvalue weighted by atomic mass is 35.5. The number of anilines is 1. The Balaban J connectivity index is 2.05. The van der Waals surface area contributed by atoms with Crippen molar-refractivity contribution in [3.05, 3.63) is 22.7 Å². The van der Waals surface area contributed by atoms with Gasteiger partial charge in [0.2, 0.25) is 0 Å². The molecule has 1 saturated heterocycles. The lowest BCUT2D eigenvalue weighted by molar-refractivity contribution is 0.131. The predicted molar refractivity (Wildman–Crippen MR) is 79.8 cm³/mol. The maximum Gasteiger partial charge on any atom is 0.125 e. The molecular formula is C14H22ClN3O. The van der Waals surface area contributed by atoms with Crippen LogP contribution in [0, 0.1) is 0 Å². The number of nitrogens with two attached hydrogens (primary N) is 1. The average molecular weight is 284 g/mol. The topological polar surface area (TPSA) is 41.7 Å². The molecule has 0 atom stereocenters. The molecule has 1 aliphatic heterocycles. The number of halogens is 1. The Labute approximate surface area is 120 Å². The van der Waals surface area contributed by atoms with Gasteiger partial charge in [0.05, 0.1) is 17.8 Å². The van der Waals surface area contributed by atoms with E-state index in [1.807, 2.05) is 6.07 Å². The summed E-state index contributed by atoms with van der Waals surface area (Å²) in [6, 6.07) is 3.72. The van der Waals surface area contributed by atoms with Crippen LogP contribution in [0.5, 0.6) is 5.75 Å². The van der Waals surface area contributed by atoms with E-state index < -0.39 is 0 Å². The highest BCUT2D eigenvalue weighted by molar-refractivity contribution is 6.33. The van der Waals surface area contributed by atoms with E-state index in [0.717, 1.165) is 50.6 Å². The van der Waals surface area contributed by atoms with Gasteiger partial charge in [-0.05, 0) is 12.6 Å². The molecule has 0 aromatic heterocycles. The molecule has 0 unspecified atom stereocenters. The van der Waals surface area contributed by atoms with Gasteiger partial charge in [-0.3, -0.25) is 4.90 Å². The summed E-state index contributed by atoms with van der Waals surface area (Å²) in [5, 5.41) is 0.600. The van der Waals surface area contributed by atoms with Crippen LogP contribution in [0.2, 0.25) is 5.02 Å². The van der Waals surface area contributed by atoms with Gasteiger partial charge in [-0.15, -0.1) is 0 Å². The zero-order valence-corrected chi connectivity index (χ0v) is 12.4. The van der Waals surface area contributed by atoms with Gasteiger partial charge < -0.3 is 15.4 Å². The molecule has 0 bridgehead atoms. The quantitative estimate of drug-likeness (QED) is 0.859. The number of ether oxygens (including phenoxy) is 1. The second-order valence-electron chi connectivity index (χ2n) is 4.90. The summed E-state index contributed by atoms with van der Waals surface area (Å²) >= 11 is 6.10. The number of nitrogens with zero attached hydrogens (tertiary/aromatic N) is 2. The molecule has 2 N–H and O–H groups in total. The van der Waals surface area contributed by atoms with Crippen molar-refractivity contribution >= 4 is 17.3 Å². The number of piperazine rings is 1. The van der Waals surface area contributed by atoms with Crippen molar-refractivity contribution in [3.63, 3.8) is 0 Å². The van der Waals surface area contributed by atoms with Crippen LogP contribution in [-0.2, 0) is 6.54 Å². The minimum atomic E-state index is 0.568. The minimum absolute atomic E-state index is 0.568. The lowest BCUT2D eigenvalue weighted by atomic mass is 10.1. The molecule has 1 fully saturated rings. The van der Waals surface area contributed by atoms with Crippen molar-refractivity contribution in [1.29, 1.82) is 0 Å². The van der Waals surface area contributed by atoms with E-state index in [1.54, 1.807) is 13.2 Å². The van der Waals surface area contributed by atoms with Crippen molar-refractivity contribution < 1.29 is 4.74 Å². The molecule has 5 heteroatoms. The molecule has 0 amide bonds. The fraction of sp³-hybridized carbons (Fsp3) is 0.571. The smallest absolute Gasteiger partial charge is 0.125 e. The Morgan fingerprint density at radius 2 is 1.84 bits per heavy atom. The number of likely N-dealkylation sites (N-methyl/N-ethyl adjacent to an activating group) is 1. The lowest BCUT2D eigenvalue weighted by Gasteiger charge is -2.34. The molecule has 1 aromatic carbocycles. The van der Waals surface area contributed by atoms with E-state index in [9.17, 15) is 0 Å². The molecule has 1 aromatic rings. The summed E-state index contributed by atoms with van der Waals surface area (Å²) in [6.07, 6.45) is 0. The Morgan fingerprint density at radius 3 is 2.42 bits per heavy atom. The van der Waals surface area contributed by atoms with Gasteiger partial charge in [0, 0.05) is 44.4 Å². The van der Waals surface area contributed by atoms with Crippen molar-refractivity contribution in [2.75, 3.05) is 45.6 Å². The second kappa shape index (κ2) is 6.46. The molecule has 2 rings (SSSR count). The van der Waals surface area contributed by atoms with E-state index in [4.69, 9.17) is 22.1 Å². The molecule has 1 heterocycles. The van der Waals surface area contributed by atoms with Crippen LogP contribution < -0.4 is 10.5 Å². The van der Waals surface area contributed by atoms with Crippen LogP contribution in [0.1, 0.15) is 12.5 Å². The largest absolute Gasteiger partial charge is 0.496 e. The predicted octanol–water partition coefficient (Wildman–Crippen LogP) is 2.07.